The molecule has 156 valence electrons. The molecule has 0 aliphatic heterocycles. The molecule has 31 heavy (non-hydrogen) atoms. The van der Waals surface area contributed by atoms with Gasteiger partial charge in [-0.15, -0.1) is 0 Å². The van der Waals surface area contributed by atoms with Crippen molar-refractivity contribution in [1.82, 2.24) is 9.29 Å². The Kier molecular flexibility index (Phi) is 5.96. The number of amides is 1. The summed E-state index contributed by atoms with van der Waals surface area (Å²) in [5, 5.41) is 9.35. The molecular formula is C23H20N4O3S. The van der Waals surface area contributed by atoms with Gasteiger partial charge in [-0.05, 0) is 29.2 Å². The normalized spacial score (nSPS) is 10.9. The molecule has 3 aromatic rings. The van der Waals surface area contributed by atoms with Crippen molar-refractivity contribution in [3.05, 3.63) is 76.9 Å². The lowest BCUT2D eigenvalue weighted by Crippen LogP contribution is -2.31. The van der Waals surface area contributed by atoms with E-state index in [-0.39, 0.29) is 5.69 Å². The molecule has 0 saturated heterocycles. The van der Waals surface area contributed by atoms with Gasteiger partial charge in [0.15, 0.2) is 0 Å². The predicted octanol–water partition coefficient (Wildman–Crippen LogP) is 4.03. The number of aromatic nitrogens is 1. The molecule has 0 spiro atoms. The predicted molar refractivity (Wildman–Crippen MR) is 119 cm³/mol. The first-order valence-electron chi connectivity index (χ1n) is 9.42. The van der Waals surface area contributed by atoms with Crippen LogP contribution < -0.4 is 4.72 Å². The summed E-state index contributed by atoms with van der Waals surface area (Å²) in [5.74, 6) is -0.788. The Morgan fingerprint density at radius 2 is 1.77 bits per heavy atom. The van der Waals surface area contributed by atoms with Gasteiger partial charge in [-0.3, -0.25) is 4.79 Å². The summed E-state index contributed by atoms with van der Waals surface area (Å²) in [6.45, 7) is 9.53. The average molecular weight is 433 g/mol. The van der Waals surface area contributed by atoms with Gasteiger partial charge in [0.1, 0.15) is 5.69 Å². The standard InChI is InChI=1S/C23H20N4O3S/c1-5-19-21(25-2)20(22(27(19)3)23(28)26-31(4,29)30)16-12-10-15(11-13-16)18-9-7-6-8-17(18)14-24/h6-13H,5H2,1,3-4H3,(H,26,28). The van der Waals surface area contributed by atoms with E-state index < -0.39 is 15.9 Å². The van der Waals surface area contributed by atoms with Crippen molar-refractivity contribution in [2.75, 3.05) is 6.26 Å². The Labute approximate surface area is 181 Å². The Morgan fingerprint density at radius 1 is 1.16 bits per heavy atom. The number of sulfonamides is 1. The van der Waals surface area contributed by atoms with E-state index >= 15 is 0 Å². The molecule has 1 amide bonds. The molecule has 1 N–H and O–H groups in total. The fourth-order valence-electron chi connectivity index (χ4n) is 3.65. The fraction of sp³-hybridized carbons (Fsp3) is 0.174. The lowest BCUT2D eigenvalue weighted by atomic mass is 9.96. The highest BCUT2D eigenvalue weighted by Crippen LogP contribution is 2.40. The van der Waals surface area contributed by atoms with Gasteiger partial charge in [-0.2, -0.15) is 5.26 Å². The van der Waals surface area contributed by atoms with E-state index in [9.17, 15) is 18.5 Å². The maximum absolute atomic E-state index is 12.8. The molecule has 0 aliphatic carbocycles. The van der Waals surface area contributed by atoms with E-state index in [0.29, 0.717) is 34.5 Å². The number of benzene rings is 2. The molecule has 0 aliphatic rings. The van der Waals surface area contributed by atoms with Crippen molar-refractivity contribution < 1.29 is 13.2 Å². The zero-order valence-corrected chi connectivity index (χ0v) is 18.1. The minimum atomic E-state index is -3.78. The zero-order valence-electron chi connectivity index (χ0n) is 17.3. The highest BCUT2D eigenvalue weighted by atomic mass is 32.2. The summed E-state index contributed by atoms with van der Waals surface area (Å²) in [5.41, 5.74) is 4.19. The van der Waals surface area contributed by atoms with Crippen molar-refractivity contribution in [2.24, 2.45) is 7.05 Å². The van der Waals surface area contributed by atoms with Crippen LogP contribution in [0.3, 0.4) is 0 Å². The number of nitriles is 1. The van der Waals surface area contributed by atoms with Crippen LogP contribution in [0.5, 0.6) is 0 Å². The fourth-order valence-corrected chi connectivity index (χ4v) is 4.08. The van der Waals surface area contributed by atoms with Crippen LogP contribution in [0.2, 0.25) is 0 Å². The third-order valence-electron chi connectivity index (χ3n) is 4.96. The molecular weight excluding hydrogens is 412 g/mol. The molecule has 2 aromatic carbocycles. The topological polar surface area (TPSA) is 96.3 Å². The van der Waals surface area contributed by atoms with Crippen LogP contribution in [0, 0.1) is 17.9 Å². The SMILES string of the molecule is [C-]#[N+]c1c(-c2ccc(-c3ccccc3C#N)cc2)c(C(=O)NS(C)(=O)=O)n(C)c1CC. The maximum Gasteiger partial charge on any atom is 0.280 e. The molecule has 0 saturated carbocycles. The average Bonchev–Trinajstić information content (AvgIpc) is 3.04. The summed E-state index contributed by atoms with van der Waals surface area (Å²) in [6, 6.07) is 16.6. The molecule has 0 radical (unpaired) electrons. The maximum atomic E-state index is 12.8. The molecule has 0 atom stereocenters. The van der Waals surface area contributed by atoms with Crippen LogP contribution >= 0.6 is 0 Å². The zero-order chi connectivity index (χ0) is 22.8. The van der Waals surface area contributed by atoms with Crippen molar-refractivity contribution in [2.45, 2.75) is 13.3 Å². The highest BCUT2D eigenvalue weighted by Gasteiger charge is 2.27. The monoisotopic (exact) mass is 432 g/mol. The van der Waals surface area contributed by atoms with Crippen LogP contribution in [0.1, 0.15) is 28.7 Å². The second-order valence-corrected chi connectivity index (χ2v) is 8.73. The van der Waals surface area contributed by atoms with Crippen LogP contribution in [0.4, 0.5) is 5.69 Å². The van der Waals surface area contributed by atoms with Crippen LogP contribution in [0.25, 0.3) is 27.1 Å². The van der Waals surface area contributed by atoms with Crippen molar-refractivity contribution >= 4 is 21.6 Å². The number of rotatable bonds is 5. The third kappa shape index (κ3) is 4.20. The first kappa shape index (κ1) is 21.8. The summed E-state index contributed by atoms with van der Waals surface area (Å²) < 4.78 is 26.9. The summed E-state index contributed by atoms with van der Waals surface area (Å²) in [7, 11) is -2.13. The number of nitrogens with one attached hydrogen (secondary N) is 1. The molecule has 7 nitrogen and oxygen atoms in total. The van der Waals surface area contributed by atoms with Gasteiger partial charge >= 0.3 is 0 Å². The molecule has 8 heteroatoms. The van der Waals surface area contributed by atoms with Gasteiger partial charge in [0.05, 0.1) is 24.5 Å². The van der Waals surface area contributed by atoms with Gasteiger partial charge < -0.3 is 4.57 Å². The Bertz CT molecular complexity index is 1360. The number of carbonyl (C=O) groups is 1. The molecule has 1 heterocycles. The van der Waals surface area contributed by atoms with E-state index in [0.717, 1.165) is 17.4 Å². The van der Waals surface area contributed by atoms with Crippen molar-refractivity contribution in [3.63, 3.8) is 0 Å². The van der Waals surface area contributed by atoms with Gasteiger partial charge in [0.2, 0.25) is 15.7 Å². The van der Waals surface area contributed by atoms with Crippen molar-refractivity contribution in [1.29, 1.82) is 5.26 Å². The Balaban J connectivity index is 2.19. The number of hydrogen-bond donors (Lipinski definition) is 1. The Morgan fingerprint density at radius 3 is 2.32 bits per heavy atom. The van der Waals surface area contributed by atoms with E-state index in [2.05, 4.69) is 10.9 Å². The van der Waals surface area contributed by atoms with E-state index in [4.69, 9.17) is 6.57 Å². The minimum absolute atomic E-state index is 0.110. The summed E-state index contributed by atoms with van der Waals surface area (Å²) in [4.78, 5) is 16.4. The molecule has 1 aromatic heterocycles. The largest absolute Gasteiger partial charge is 0.354 e. The van der Waals surface area contributed by atoms with E-state index in [1.54, 1.807) is 35.9 Å². The van der Waals surface area contributed by atoms with Crippen LogP contribution in [0.15, 0.2) is 48.5 Å². The van der Waals surface area contributed by atoms with Gasteiger partial charge in [-0.1, -0.05) is 49.4 Å². The minimum Gasteiger partial charge on any atom is -0.354 e. The number of hydrogen-bond acceptors (Lipinski definition) is 4. The van der Waals surface area contributed by atoms with Crippen molar-refractivity contribution in [3.8, 4) is 28.3 Å². The number of carbonyl (C=O) groups excluding carboxylic acids is 1. The van der Waals surface area contributed by atoms with Gasteiger partial charge in [0, 0.05) is 18.3 Å². The van der Waals surface area contributed by atoms with E-state index in [1.807, 2.05) is 35.9 Å². The molecule has 0 bridgehead atoms. The second-order valence-electron chi connectivity index (χ2n) is 6.98. The first-order chi connectivity index (χ1) is 14.7. The highest BCUT2D eigenvalue weighted by molar-refractivity contribution is 7.89. The first-order valence-corrected chi connectivity index (χ1v) is 11.3. The summed E-state index contributed by atoms with van der Waals surface area (Å²) in [6.07, 6.45) is 1.41. The van der Waals surface area contributed by atoms with Gasteiger partial charge in [-0.25, -0.2) is 18.0 Å². The summed E-state index contributed by atoms with van der Waals surface area (Å²) >= 11 is 0. The third-order valence-corrected chi connectivity index (χ3v) is 5.52. The lowest BCUT2D eigenvalue weighted by molar-refractivity contribution is 0.0974. The van der Waals surface area contributed by atoms with Crippen LogP contribution in [-0.4, -0.2) is 25.1 Å². The van der Waals surface area contributed by atoms with E-state index in [1.165, 1.54) is 0 Å². The molecule has 3 rings (SSSR count). The molecule has 0 unspecified atom stereocenters. The quantitative estimate of drug-likeness (QED) is 0.616. The molecule has 0 fully saturated rings. The second kappa shape index (κ2) is 8.47. The Hall–Kier alpha value is -3.88. The van der Waals surface area contributed by atoms with Gasteiger partial charge in [0.25, 0.3) is 5.91 Å². The number of nitrogens with zero attached hydrogens (tertiary/aromatic N) is 3. The smallest absolute Gasteiger partial charge is 0.280 e. The van der Waals surface area contributed by atoms with Crippen LogP contribution in [-0.2, 0) is 23.5 Å². The lowest BCUT2D eigenvalue weighted by Gasteiger charge is -2.10.